The molecule has 0 bridgehead atoms. The lowest BCUT2D eigenvalue weighted by molar-refractivity contribution is -0.0891. The standard InChI is InChI=1S/C20H25N3O5S/c24-14-19-18(23-20(25)15-5-4-11-21-13-15)9-8-16(28-19)10-12-22-29(26,27)17-6-2-1-3-7-17/h1-7,11,13,16,18-19,22,24H,8-10,12,14H2,(H,23,25)/t16-,18+,19+/m0/s1. The maximum absolute atomic E-state index is 12.3. The van der Waals surface area contributed by atoms with Crippen molar-refractivity contribution in [2.75, 3.05) is 13.2 Å². The molecule has 3 N–H and O–H groups in total. The molecule has 3 atom stereocenters. The van der Waals surface area contributed by atoms with Crippen molar-refractivity contribution in [3.05, 3.63) is 60.4 Å². The van der Waals surface area contributed by atoms with Crippen LogP contribution in [-0.4, -0.2) is 55.8 Å². The molecular weight excluding hydrogens is 394 g/mol. The Morgan fingerprint density at radius 2 is 1.97 bits per heavy atom. The van der Waals surface area contributed by atoms with Crippen molar-refractivity contribution in [3.63, 3.8) is 0 Å². The van der Waals surface area contributed by atoms with E-state index < -0.39 is 16.1 Å². The van der Waals surface area contributed by atoms with Crippen molar-refractivity contribution in [2.45, 2.75) is 42.4 Å². The number of aliphatic hydroxyl groups is 1. The van der Waals surface area contributed by atoms with Gasteiger partial charge in [0.15, 0.2) is 0 Å². The summed E-state index contributed by atoms with van der Waals surface area (Å²) in [5, 5.41) is 12.5. The van der Waals surface area contributed by atoms with E-state index >= 15 is 0 Å². The fourth-order valence-electron chi connectivity index (χ4n) is 3.30. The van der Waals surface area contributed by atoms with E-state index in [1.54, 1.807) is 36.5 Å². The lowest BCUT2D eigenvalue weighted by Crippen LogP contribution is -2.51. The van der Waals surface area contributed by atoms with Gasteiger partial charge in [-0.05, 0) is 43.5 Å². The van der Waals surface area contributed by atoms with E-state index in [2.05, 4.69) is 15.0 Å². The number of carbonyl (C=O) groups excluding carboxylic acids is 1. The third-order valence-electron chi connectivity index (χ3n) is 4.85. The molecule has 0 spiro atoms. The number of rotatable bonds is 8. The van der Waals surface area contributed by atoms with Crippen LogP contribution in [0, 0.1) is 0 Å². The van der Waals surface area contributed by atoms with Gasteiger partial charge in [-0.2, -0.15) is 0 Å². The van der Waals surface area contributed by atoms with Gasteiger partial charge in [-0.1, -0.05) is 18.2 Å². The summed E-state index contributed by atoms with van der Waals surface area (Å²) in [7, 11) is -3.56. The normalized spacial score (nSPS) is 22.2. The lowest BCUT2D eigenvalue weighted by atomic mass is 9.97. The van der Waals surface area contributed by atoms with E-state index in [0.29, 0.717) is 24.8 Å². The molecule has 0 radical (unpaired) electrons. The molecule has 1 aliphatic rings. The molecule has 156 valence electrons. The van der Waals surface area contributed by atoms with Gasteiger partial charge in [-0.25, -0.2) is 13.1 Å². The van der Waals surface area contributed by atoms with E-state index in [1.807, 2.05) is 0 Å². The predicted octanol–water partition coefficient (Wildman–Crippen LogP) is 1.09. The summed E-state index contributed by atoms with van der Waals surface area (Å²) in [6.45, 7) is -0.00299. The van der Waals surface area contributed by atoms with Gasteiger partial charge in [0.2, 0.25) is 10.0 Å². The zero-order valence-electron chi connectivity index (χ0n) is 15.9. The average Bonchev–Trinajstić information content (AvgIpc) is 2.75. The highest BCUT2D eigenvalue weighted by molar-refractivity contribution is 7.89. The molecule has 0 saturated carbocycles. The second kappa shape index (κ2) is 9.93. The zero-order valence-corrected chi connectivity index (χ0v) is 16.7. The summed E-state index contributed by atoms with van der Waals surface area (Å²) in [6, 6.07) is 11.2. The third kappa shape index (κ3) is 5.83. The van der Waals surface area contributed by atoms with Crippen LogP contribution in [0.1, 0.15) is 29.6 Å². The monoisotopic (exact) mass is 419 g/mol. The molecule has 0 unspecified atom stereocenters. The minimum atomic E-state index is -3.56. The van der Waals surface area contributed by atoms with E-state index in [0.717, 1.165) is 0 Å². The molecule has 1 aliphatic heterocycles. The molecule has 0 aliphatic carbocycles. The maximum atomic E-state index is 12.3. The van der Waals surface area contributed by atoms with Gasteiger partial charge in [0.25, 0.3) is 5.91 Å². The van der Waals surface area contributed by atoms with Gasteiger partial charge in [0.1, 0.15) is 6.10 Å². The van der Waals surface area contributed by atoms with Crippen LogP contribution < -0.4 is 10.0 Å². The Bertz CT molecular complexity index is 893. The number of hydrogen-bond donors (Lipinski definition) is 3. The van der Waals surface area contributed by atoms with Crippen molar-refractivity contribution >= 4 is 15.9 Å². The Labute approximate surface area is 170 Å². The highest BCUT2D eigenvalue weighted by Crippen LogP contribution is 2.22. The van der Waals surface area contributed by atoms with Crippen LogP contribution in [0.2, 0.25) is 0 Å². The molecule has 2 aromatic rings. The van der Waals surface area contributed by atoms with Gasteiger partial charge in [-0.3, -0.25) is 9.78 Å². The lowest BCUT2D eigenvalue weighted by Gasteiger charge is -2.36. The average molecular weight is 420 g/mol. The number of aliphatic hydroxyl groups excluding tert-OH is 1. The van der Waals surface area contributed by atoms with Crippen LogP contribution >= 0.6 is 0 Å². The summed E-state index contributed by atoms with van der Waals surface area (Å²) in [5.74, 6) is -0.265. The SMILES string of the molecule is O=C(N[C@@H]1CC[C@@H](CCNS(=O)(=O)c2ccccc2)O[C@@H]1CO)c1cccnc1. The largest absolute Gasteiger partial charge is 0.394 e. The number of pyridine rings is 1. The molecule has 9 heteroatoms. The zero-order chi connectivity index (χ0) is 20.7. The van der Waals surface area contributed by atoms with Crippen LogP contribution in [0.5, 0.6) is 0 Å². The molecule has 2 heterocycles. The highest BCUT2D eigenvalue weighted by atomic mass is 32.2. The number of nitrogens with zero attached hydrogens (tertiary/aromatic N) is 1. The van der Waals surface area contributed by atoms with Gasteiger partial charge in [-0.15, -0.1) is 0 Å². The van der Waals surface area contributed by atoms with Gasteiger partial charge < -0.3 is 15.2 Å². The summed E-state index contributed by atoms with van der Waals surface area (Å²) >= 11 is 0. The van der Waals surface area contributed by atoms with Crippen molar-refractivity contribution in [1.82, 2.24) is 15.0 Å². The first-order valence-corrected chi connectivity index (χ1v) is 11.0. The number of sulfonamides is 1. The molecule has 1 amide bonds. The molecule has 3 rings (SSSR count). The smallest absolute Gasteiger partial charge is 0.253 e. The highest BCUT2D eigenvalue weighted by Gasteiger charge is 2.32. The molecule has 1 aromatic carbocycles. The van der Waals surface area contributed by atoms with Gasteiger partial charge in [0.05, 0.1) is 29.2 Å². The van der Waals surface area contributed by atoms with Crippen LogP contribution in [0.3, 0.4) is 0 Å². The van der Waals surface area contributed by atoms with Crippen molar-refractivity contribution in [3.8, 4) is 0 Å². The van der Waals surface area contributed by atoms with Gasteiger partial charge in [0, 0.05) is 18.9 Å². The number of carbonyl (C=O) groups is 1. The Kier molecular flexibility index (Phi) is 7.32. The van der Waals surface area contributed by atoms with Crippen molar-refractivity contribution in [2.24, 2.45) is 0 Å². The molecule has 1 saturated heterocycles. The predicted molar refractivity (Wildman–Crippen MR) is 107 cm³/mol. The van der Waals surface area contributed by atoms with Crippen molar-refractivity contribution < 1.29 is 23.1 Å². The first-order valence-electron chi connectivity index (χ1n) is 9.51. The summed E-state index contributed by atoms with van der Waals surface area (Å²) in [4.78, 5) is 16.5. The van der Waals surface area contributed by atoms with E-state index in [1.165, 1.54) is 18.3 Å². The first-order chi connectivity index (χ1) is 14.0. The van der Waals surface area contributed by atoms with Crippen LogP contribution in [0.25, 0.3) is 0 Å². The van der Waals surface area contributed by atoms with E-state index in [4.69, 9.17) is 4.74 Å². The molecular formula is C20H25N3O5S. The van der Waals surface area contributed by atoms with Crippen LogP contribution in [0.15, 0.2) is 59.8 Å². The number of benzene rings is 1. The van der Waals surface area contributed by atoms with Crippen molar-refractivity contribution in [1.29, 1.82) is 0 Å². The Balaban J connectivity index is 1.49. The molecule has 8 nitrogen and oxygen atoms in total. The topological polar surface area (TPSA) is 118 Å². The number of hydrogen-bond acceptors (Lipinski definition) is 6. The van der Waals surface area contributed by atoms with Crippen LogP contribution in [-0.2, 0) is 14.8 Å². The second-order valence-electron chi connectivity index (χ2n) is 6.88. The van der Waals surface area contributed by atoms with Crippen LogP contribution in [0.4, 0.5) is 0 Å². The Morgan fingerprint density at radius 1 is 1.17 bits per heavy atom. The first kappa shape index (κ1) is 21.4. The Morgan fingerprint density at radius 3 is 2.66 bits per heavy atom. The minimum Gasteiger partial charge on any atom is -0.394 e. The van der Waals surface area contributed by atoms with E-state index in [9.17, 15) is 18.3 Å². The summed E-state index contributed by atoms with van der Waals surface area (Å²) in [5.41, 5.74) is 0.446. The van der Waals surface area contributed by atoms with E-state index in [-0.39, 0.29) is 36.1 Å². The fraction of sp³-hybridized carbons (Fsp3) is 0.400. The second-order valence-corrected chi connectivity index (χ2v) is 8.64. The number of amides is 1. The number of ether oxygens (including phenoxy) is 1. The molecule has 1 fully saturated rings. The third-order valence-corrected chi connectivity index (χ3v) is 6.32. The molecule has 29 heavy (non-hydrogen) atoms. The summed E-state index contributed by atoms with van der Waals surface area (Å²) < 4.78 is 33.0. The number of aromatic nitrogens is 1. The fourth-order valence-corrected chi connectivity index (χ4v) is 4.36. The maximum Gasteiger partial charge on any atom is 0.253 e. The Hall–Kier alpha value is -2.33. The quantitative estimate of drug-likeness (QED) is 0.590. The summed E-state index contributed by atoms with van der Waals surface area (Å²) in [6.07, 6.45) is 4.10. The number of nitrogens with one attached hydrogen (secondary N) is 2. The van der Waals surface area contributed by atoms with Gasteiger partial charge >= 0.3 is 0 Å². The minimum absolute atomic E-state index is 0.197. The molecule has 1 aromatic heterocycles.